The zero-order valence-corrected chi connectivity index (χ0v) is 21.5. The summed E-state index contributed by atoms with van der Waals surface area (Å²) in [5.41, 5.74) is 3.37. The molecule has 182 valence electrons. The van der Waals surface area contributed by atoms with Gasteiger partial charge in [-0.3, -0.25) is 4.90 Å². The molecule has 0 saturated carbocycles. The molecule has 0 bridgehead atoms. The number of likely N-dealkylation sites (N-methyl/N-ethyl adjacent to an activating group) is 1. The van der Waals surface area contributed by atoms with E-state index in [-0.39, 0.29) is 12.1 Å². The van der Waals surface area contributed by atoms with E-state index in [0.29, 0.717) is 17.4 Å². The molecule has 0 radical (unpaired) electrons. The van der Waals surface area contributed by atoms with Crippen molar-refractivity contribution in [3.63, 3.8) is 0 Å². The smallest absolute Gasteiger partial charge is 0.319 e. The number of para-hydroxylation sites is 2. The Morgan fingerprint density at radius 1 is 1.15 bits per heavy atom. The number of amides is 2. The van der Waals surface area contributed by atoms with E-state index in [1.807, 2.05) is 35.6 Å². The molecule has 1 atom stereocenters. The van der Waals surface area contributed by atoms with Crippen LogP contribution in [0.1, 0.15) is 55.7 Å². The molecule has 2 amide bonds. The molecule has 7 heteroatoms. The van der Waals surface area contributed by atoms with Crippen LogP contribution in [0, 0.1) is 5.92 Å². The SMILES string of the molecule is CCN1CCc2c(sc(-n3cccc3)c2[C@H](CCC(C)C)NC(=O)Nc2ccccc2OC)C1. The minimum absolute atomic E-state index is 0.0670. The summed E-state index contributed by atoms with van der Waals surface area (Å²) < 4.78 is 7.62. The van der Waals surface area contributed by atoms with Gasteiger partial charge in [0.15, 0.2) is 0 Å². The van der Waals surface area contributed by atoms with Crippen molar-refractivity contribution in [3.05, 3.63) is 64.8 Å². The van der Waals surface area contributed by atoms with Crippen molar-refractivity contribution in [2.24, 2.45) is 5.92 Å². The molecule has 0 aliphatic carbocycles. The molecule has 34 heavy (non-hydrogen) atoms. The third-order valence-corrected chi connectivity index (χ3v) is 7.73. The van der Waals surface area contributed by atoms with Gasteiger partial charge in [-0.15, -0.1) is 11.3 Å². The van der Waals surface area contributed by atoms with E-state index in [1.54, 1.807) is 7.11 Å². The molecule has 3 aromatic rings. The molecule has 0 fully saturated rings. The number of urea groups is 1. The van der Waals surface area contributed by atoms with Gasteiger partial charge in [-0.1, -0.05) is 32.9 Å². The van der Waals surface area contributed by atoms with Crippen LogP contribution in [0.2, 0.25) is 0 Å². The Kier molecular flexibility index (Phi) is 7.95. The van der Waals surface area contributed by atoms with Gasteiger partial charge in [-0.25, -0.2) is 4.79 Å². The molecule has 1 aromatic carbocycles. The summed E-state index contributed by atoms with van der Waals surface area (Å²) in [7, 11) is 1.62. The van der Waals surface area contributed by atoms with E-state index in [1.165, 1.54) is 21.0 Å². The lowest BCUT2D eigenvalue weighted by atomic mass is 9.92. The number of methoxy groups -OCH3 is 1. The summed E-state index contributed by atoms with van der Waals surface area (Å²) >= 11 is 1.87. The molecule has 4 rings (SSSR count). The van der Waals surface area contributed by atoms with Crippen molar-refractivity contribution in [2.75, 3.05) is 25.5 Å². The van der Waals surface area contributed by atoms with E-state index in [4.69, 9.17) is 4.74 Å². The summed E-state index contributed by atoms with van der Waals surface area (Å²) in [6.45, 7) is 9.79. The van der Waals surface area contributed by atoms with Gasteiger partial charge in [0.1, 0.15) is 10.8 Å². The highest BCUT2D eigenvalue weighted by Gasteiger charge is 2.30. The lowest BCUT2D eigenvalue weighted by molar-refractivity contribution is 0.246. The molecule has 1 aliphatic rings. The third-order valence-electron chi connectivity index (χ3n) is 6.49. The number of carbonyl (C=O) groups excluding carboxylic acids is 1. The van der Waals surface area contributed by atoms with Gasteiger partial charge in [0.25, 0.3) is 0 Å². The van der Waals surface area contributed by atoms with Crippen molar-refractivity contribution in [3.8, 4) is 10.8 Å². The van der Waals surface area contributed by atoms with Crippen LogP contribution in [0.3, 0.4) is 0 Å². The maximum atomic E-state index is 13.2. The van der Waals surface area contributed by atoms with Crippen LogP contribution in [0.4, 0.5) is 10.5 Å². The summed E-state index contributed by atoms with van der Waals surface area (Å²) in [5.74, 6) is 1.21. The fraction of sp³-hybridized carbons (Fsp3) is 0.444. The van der Waals surface area contributed by atoms with Crippen LogP contribution in [0.5, 0.6) is 5.75 Å². The van der Waals surface area contributed by atoms with Gasteiger partial charge in [-0.2, -0.15) is 0 Å². The maximum absolute atomic E-state index is 13.2. The highest BCUT2D eigenvalue weighted by atomic mass is 32.1. The zero-order chi connectivity index (χ0) is 24.1. The molecule has 3 heterocycles. The molecule has 0 unspecified atom stereocenters. The Morgan fingerprint density at radius 2 is 1.91 bits per heavy atom. The fourth-order valence-corrected chi connectivity index (χ4v) is 6.03. The number of nitrogens with zero attached hydrogens (tertiary/aromatic N) is 2. The van der Waals surface area contributed by atoms with E-state index in [9.17, 15) is 4.79 Å². The Morgan fingerprint density at radius 3 is 2.62 bits per heavy atom. The number of hydrogen-bond acceptors (Lipinski definition) is 4. The average Bonchev–Trinajstić information content (AvgIpc) is 3.49. The van der Waals surface area contributed by atoms with Gasteiger partial charge < -0.3 is 19.9 Å². The van der Waals surface area contributed by atoms with E-state index in [0.717, 1.165) is 38.9 Å². The van der Waals surface area contributed by atoms with Gasteiger partial charge >= 0.3 is 6.03 Å². The maximum Gasteiger partial charge on any atom is 0.319 e. The average molecular weight is 481 g/mol. The Balaban J connectivity index is 1.67. The molecule has 2 aromatic heterocycles. The van der Waals surface area contributed by atoms with Crippen molar-refractivity contribution < 1.29 is 9.53 Å². The fourth-order valence-electron chi connectivity index (χ4n) is 4.61. The Labute approximate surface area is 206 Å². The van der Waals surface area contributed by atoms with Gasteiger partial charge in [0.2, 0.25) is 0 Å². The lowest BCUT2D eigenvalue weighted by Crippen LogP contribution is -2.35. The minimum Gasteiger partial charge on any atom is -0.495 e. The standard InChI is InChI=1S/C27H36N4O2S/c1-5-30-17-14-20-24(18-30)34-26(31-15-8-9-16-31)25(20)22(13-12-19(2)3)29-27(32)28-21-10-6-7-11-23(21)33-4/h6-11,15-16,19,22H,5,12-14,17-18H2,1-4H3,(H2,28,29,32)/t22-/m0/s1. The number of nitrogens with one attached hydrogen (secondary N) is 2. The first-order valence-corrected chi connectivity index (χ1v) is 13.0. The number of ether oxygens (including phenoxy) is 1. The highest BCUT2D eigenvalue weighted by Crippen LogP contribution is 2.41. The van der Waals surface area contributed by atoms with E-state index < -0.39 is 0 Å². The first kappa shape index (κ1) is 24.4. The number of rotatable bonds is 9. The van der Waals surface area contributed by atoms with Crippen LogP contribution in [-0.2, 0) is 13.0 Å². The van der Waals surface area contributed by atoms with Crippen LogP contribution >= 0.6 is 11.3 Å². The van der Waals surface area contributed by atoms with Crippen LogP contribution < -0.4 is 15.4 Å². The van der Waals surface area contributed by atoms with Gasteiger partial charge in [-0.05, 0) is 61.6 Å². The van der Waals surface area contributed by atoms with Gasteiger partial charge in [0.05, 0.1) is 18.8 Å². The molecular formula is C27H36N4O2S. The number of hydrogen-bond donors (Lipinski definition) is 2. The number of benzene rings is 1. The van der Waals surface area contributed by atoms with Crippen molar-refractivity contribution in [1.29, 1.82) is 0 Å². The van der Waals surface area contributed by atoms with E-state index in [2.05, 4.69) is 65.4 Å². The Bertz CT molecular complexity index is 1090. The molecule has 6 nitrogen and oxygen atoms in total. The largest absolute Gasteiger partial charge is 0.495 e. The summed E-state index contributed by atoms with van der Waals surface area (Å²) in [4.78, 5) is 17.1. The van der Waals surface area contributed by atoms with Gasteiger partial charge in [0, 0.05) is 35.9 Å². The second kappa shape index (κ2) is 11.1. The Hall–Kier alpha value is -2.77. The zero-order valence-electron chi connectivity index (χ0n) is 20.6. The minimum atomic E-state index is -0.206. The first-order chi connectivity index (χ1) is 16.5. The second-order valence-electron chi connectivity index (χ2n) is 9.25. The van der Waals surface area contributed by atoms with Crippen molar-refractivity contribution in [2.45, 2.75) is 52.6 Å². The predicted octanol–water partition coefficient (Wildman–Crippen LogP) is 6.22. The monoisotopic (exact) mass is 480 g/mol. The number of carbonyl (C=O) groups is 1. The molecule has 0 spiro atoms. The molecule has 1 aliphatic heterocycles. The molecule has 0 saturated heterocycles. The lowest BCUT2D eigenvalue weighted by Gasteiger charge is -2.28. The summed E-state index contributed by atoms with van der Waals surface area (Å²) in [5, 5.41) is 7.55. The number of thiophene rings is 1. The topological polar surface area (TPSA) is 58.5 Å². The first-order valence-electron chi connectivity index (χ1n) is 12.2. The second-order valence-corrected chi connectivity index (χ2v) is 10.3. The number of aromatic nitrogens is 1. The summed E-state index contributed by atoms with van der Waals surface area (Å²) in [6.07, 6.45) is 7.16. The van der Waals surface area contributed by atoms with E-state index >= 15 is 0 Å². The molecular weight excluding hydrogens is 444 g/mol. The highest BCUT2D eigenvalue weighted by molar-refractivity contribution is 7.15. The van der Waals surface area contributed by atoms with Crippen LogP contribution in [0.15, 0.2) is 48.8 Å². The summed E-state index contributed by atoms with van der Waals surface area (Å²) in [6, 6.07) is 11.4. The number of fused-ring (bicyclic) bond motifs is 1. The quantitative estimate of drug-likeness (QED) is 0.382. The van der Waals surface area contributed by atoms with Crippen molar-refractivity contribution in [1.82, 2.24) is 14.8 Å². The normalized spacial score (nSPS) is 14.6. The van der Waals surface area contributed by atoms with Crippen molar-refractivity contribution >= 4 is 23.1 Å². The number of anilines is 1. The third kappa shape index (κ3) is 5.47. The van der Waals surface area contributed by atoms with Crippen LogP contribution in [-0.4, -0.2) is 35.7 Å². The molecule has 2 N–H and O–H groups in total. The van der Waals surface area contributed by atoms with Crippen LogP contribution in [0.25, 0.3) is 5.00 Å². The predicted molar refractivity (Wildman–Crippen MR) is 140 cm³/mol.